The van der Waals surface area contributed by atoms with Gasteiger partial charge in [-0.2, -0.15) is 0 Å². The fourth-order valence-electron chi connectivity index (χ4n) is 2.91. The molecule has 1 N–H and O–H groups in total. The van der Waals surface area contributed by atoms with Crippen molar-refractivity contribution in [2.24, 2.45) is 0 Å². The van der Waals surface area contributed by atoms with Crippen molar-refractivity contribution in [3.63, 3.8) is 0 Å². The second-order valence-corrected chi connectivity index (χ2v) is 8.73. The van der Waals surface area contributed by atoms with Gasteiger partial charge in [0.25, 0.3) is 5.91 Å². The van der Waals surface area contributed by atoms with Crippen LogP contribution in [0.15, 0.2) is 54.6 Å². The molecule has 0 saturated carbocycles. The molecule has 2 aromatic carbocycles. The van der Waals surface area contributed by atoms with Gasteiger partial charge in [-0.3, -0.25) is 4.79 Å². The summed E-state index contributed by atoms with van der Waals surface area (Å²) in [6.07, 6.45) is 0.377. The maximum absolute atomic E-state index is 12.4. The second kappa shape index (κ2) is 8.88. The predicted molar refractivity (Wildman–Crippen MR) is 103 cm³/mol. The van der Waals surface area contributed by atoms with E-state index in [0.717, 1.165) is 0 Å². The van der Waals surface area contributed by atoms with Crippen LogP contribution in [0, 0.1) is 0 Å². The van der Waals surface area contributed by atoms with E-state index in [1.165, 1.54) is 0 Å². The summed E-state index contributed by atoms with van der Waals surface area (Å²) >= 11 is 0. The topological polar surface area (TPSA) is 98.8 Å². The standard InChI is InChI=1S/C20H21NO6S/c22-19(21-16-10-11-28(24,25)14-16)13-27-20(23)18-9-5-4-6-15(18)12-26-17-7-2-1-3-8-17/h1-9,16H,10-14H2,(H,21,22)/t16-/m0/s1. The predicted octanol–water partition coefficient (Wildman–Crippen LogP) is 1.73. The molecule has 1 aliphatic rings. The van der Waals surface area contributed by atoms with E-state index < -0.39 is 34.4 Å². The Labute approximate surface area is 163 Å². The van der Waals surface area contributed by atoms with Gasteiger partial charge in [-0.05, 0) is 24.6 Å². The van der Waals surface area contributed by atoms with Crippen molar-refractivity contribution in [3.8, 4) is 5.75 Å². The van der Waals surface area contributed by atoms with Crippen molar-refractivity contribution in [2.45, 2.75) is 19.1 Å². The highest BCUT2D eigenvalue weighted by Crippen LogP contribution is 2.16. The van der Waals surface area contributed by atoms with Gasteiger partial charge in [0.05, 0.1) is 17.1 Å². The summed E-state index contributed by atoms with van der Waals surface area (Å²) in [7, 11) is -3.09. The van der Waals surface area contributed by atoms with Crippen LogP contribution in [0.5, 0.6) is 5.75 Å². The molecule has 0 radical (unpaired) electrons. The highest BCUT2D eigenvalue weighted by Gasteiger charge is 2.29. The number of ether oxygens (including phenoxy) is 2. The Morgan fingerprint density at radius 3 is 2.46 bits per heavy atom. The molecule has 0 aliphatic carbocycles. The lowest BCUT2D eigenvalue weighted by Gasteiger charge is -2.13. The van der Waals surface area contributed by atoms with Gasteiger partial charge in [0.15, 0.2) is 16.4 Å². The van der Waals surface area contributed by atoms with Gasteiger partial charge in [0, 0.05) is 11.6 Å². The molecule has 28 heavy (non-hydrogen) atoms. The quantitative estimate of drug-likeness (QED) is 0.707. The molecule has 1 atom stereocenters. The minimum absolute atomic E-state index is 0.0620. The summed E-state index contributed by atoms with van der Waals surface area (Å²) in [6, 6.07) is 15.6. The normalized spacial score (nSPS) is 17.6. The summed E-state index contributed by atoms with van der Waals surface area (Å²) in [4.78, 5) is 24.3. The van der Waals surface area contributed by atoms with Gasteiger partial charge in [-0.25, -0.2) is 13.2 Å². The van der Waals surface area contributed by atoms with Gasteiger partial charge >= 0.3 is 5.97 Å². The monoisotopic (exact) mass is 403 g/mol. The SMILES string of the molecule is O=C(COC(=O)c1ccccc1COc1ccccc1)N[C@H]1CCS(=O)(=O)C1. The molecular weight excluding hydrogens is 382 g/mol. The first-order valence-electron chi connectivity index (χ1n) is 8.85. The number of hydrogen-bond acceptors (Lipinski definition) is 6. The molecule has 8 heteroatoms. The van der Waals surface area contributed by atoms with Crippen molar-refractivity contribution >= 4 is 21.7 Å². The molecule has 0 bridgehead atoms. The number of carbonyl (C=O) groups excluding carboxylic acids is 2. The van der Waals surface area contributed by atoms with Crippen LogP contribution >= 0.6 is 0 Å². The minimum Gasteiger partial charge on any atom is -0.489 e. The first-order chi connectivity index (χ1) is 13.4. The molecular formula is C20H21NO6S. The maximum Gasteiger partial charge on any atom is 0.339 e. The molecule has 0 spiro atoms. The molecule has 1 fully saturated rings. The molecule has 3 rings (SSSR count). The van der Waals surface area contributed by atoms with E-state index in [1.807, 2.05) is 30.3 Å². The van der Waals surface area contributed by atoms with Gasteiger partial charge in [0.2, 0.25) is 0 Å². The Morgan fingerprint density at radius 1 is 1.04 bits per heavy atom. The molecule has 1 aliphatic heterocycles. The smallest absolute Gasteiger partial charge is 0.339 e. The molecule has 1 amide bonds. The second-order valence-electron chi connectivity index (χ2n) is 6.50. The third-order valence-electron chi connectivity index (χ3n) is 4.31. The number of benzene rings is 2. The third kappa shape index (κ3) is 5.56. The number of esters is 1. The number of sulfone groups is 1. The Morgan fingerprint density at radius 2 is 1.75 bits per heavy atom. The summed E-state index contributed by atoms with van der Waals surface area (Å²) < 4.78 is 33.6. The minimum atomic E-state index is -3.09. The lowest BCUT2D eigenvalue weighted by atomic mass is 10.1. The van der Waals surface area contributed by atoms with E-state index in [1.54, 1.807) is 24.3 Å². The number of rotatable bonds is 7. The number of para-hydroxylation sites is 1. The van der Waals surface area contributed by atoms with Gasteiger partial charge in [-0.1, -0.05) is 36.4 Å². The Hall–Kier alpha value is -2.87. The lowest BCUT2D eigenvalue weighted by Crippen LogP contribution is -2.38. The van der Waals surface area contributed by atoms with E-state index in [0.29, 0.717) is 23.3 Å². The van der Waals surface area contributed by atoms with Crippen molar-refractivity contribution in [1.29, 1.82) is 0 Å². The van der Waals surface area contributed by atoms with Crippen LogP contribution in [-0.2, 0) is 26.0 Å². The highest BCUT2D eigenvalue weighted by atomic mass is 32.2. The zero-order chi connectivity index (χ0) is 20.0. The van der Waals surface area contributed by atoms with E-state index in [4.69, 9.17) is 9.47 Å². The lowest BCUT2D eigenvalue weighted by molar-refractivity contribution is -0.124. The van der Waals surface area contributed by atoms with Crippen LogP contribution in [0.4, 0.5) is 0 Å². The van der Waals surface area contributed by atoms with Crippen molar-refractivity contribution in [1.82, 2.24) is 5.32 Å². The fourth-order valence-corrected chi connectivity index (χ4v) is 4.58. The molecule has 7 nitrogen and oxygen atoms in total. The van der Waals surface area contributed by atoms with Gasteiger partial charge < -0.3 is 14.8 Å². The maximum atomic E-state index is 12.4. The molecule has 1 saturated heterocycles. The fraction of sp³-hybridized carbons (Fsp3) is 0.300. The van der Waals surface area contributed by atoms with Gasteiger partial charge in [-0.15, -0.1) is 0 Å². The average molecular weight is 403 g/mol. The zero-order valence-electron chi connectivity index (χ0n) is 15.2. The van der Waals surface area contributed by atoms with E-state index in [-0.39, 0.29) is 18.1 Å². The number of nitrogens with one attached hydrogen (secondary N) is 1. The molecule has 0 unspecified atom stereocenters. The van der Waals surface area contributed by atoms with Crippen LogP contribution in [0.1, 0.15) is 22.3 Å². The highest BCUT2D eigenvalue weighted by molar-refractivity contribution is 7.91. The summed E-state index contributed by atoms with van der Waals surface area (Å²) in [6.45, 7) is -0.287. The summed E-state index contributed by atoms with van der Waals surface area (Å²) in [5.41, 5.74) is 0.952. The summed E-state index contributed by atoms with van der Waals surface area (Å²) in [5, 5.41) is 2.58. The third-order valence-corrected chi connectivity index (χ3v) is 6.07. The molecule has 1 heterocycles. The zero-order valence-corrected chi connectivity index (χ0v) is 16.0. The first-order valence-corrected chi connectivity index (χ1v) is 10.7. The molecule has 148 valence electrons. The number of carbonyl (C=O) groups is 2. The van der Waals surface area contributed by atoms with Crippen LogP contribution < -0.4 is 10.1 Å². The Balaban J connectivity index is 1.53. The first kappa shape index (κ1) is 19.9. The number of hydrogen-bond donors (Lipinski definition) is 1. The van der Waals surface area contributed by atoms with Crippen molar-refractivity contribution < 1.29 is 27.5 Å². The Bertz CT molecular complexity index is 942. The van der Waals surface area contributed by atoms with Crippen molar-refractivity contribution in [3.05, 3.63) is 65.7 Å². The molecule has 0 aromatic heterocycles. The Kier molecular flexibility index (Phi) is 6.30. The summed E-state index contributed by atoms with van der Waals surface area (Å²) in [5.74, 6) is -0.495. The van der Waals surface area contributed by atoms with Crippen molar-refractivity contribution in [2.75, 3.05) is 18.1 Å². The van der Waals surface area contributed by atoms with Crippen LogP contribution in [0.2, 0.25) is 0 Å². The number of amides is 1. The average Bonchev–Trinajstić information content (AvgIpc) is 3.03. The van der Waals surface area contributed by atoms with Gasteiger partial charge in [0.1, 0.15) is 12.4 Å². The molecule has 2 aromatic rings. The van der Waals surface area contributed by atoms with Crippen LogP contribution in [-0.4, -0.2) is 44.4 Å². The van der Waals surface area contributed by atoms with E-state index in [9.17, 15) is 18.0 Å². The van der Waals surface area contributed by atoms with Crippen LogP contribution in [0.3, 0.4) is 0 Å². The van der Waals surface area contributed by atoms with E-state index >= 15 is 0 Å². The van der Waals surface area contributed by atoms with Crippen LogP contribution in [0.25, 0.3) is 0 Å². The van der Waals surface area contributed by atoms with E-state index in [2.05, 4.69) is 5.32 Å². The largest absolute Gasteiger partial charge is 0.489 e.